The first-order chi connectivity index (χ1) is 10.7. The number of rotatable bonds is 4. The van der Waals surface area contributed by atoms with Crippen molar-refractivity contribution in [1.82, 2.24) is 9.88 Å². The molecule has 2 heterocycles. The van der Waals surface area contributed by atoms with Crippen molar-refractivity contribution in [2.45, 2.75) is 25.5 Å². The normalized spacial score (nSPS) is 20.9. The Bertz CT molecular complexity index is 621. The maximum atomic E-state index is 11.4. The van der Waals surface area contributed by atoms with Gasteiger partial charge in [0.1, 0.15) is 5.52 Å². The predicted octanol–water partition coefficient (Wildman–Crippen LogP) is 2.15. The summed E-state index contributed by atoms with van der Waals surface area (Å²) >= 11 is 0. The second-order valence-electron chi connectivity index (χ2n) is 5.46. The number of aromatic nitrogens is 1. The second-order valence-corrected chi connectivity index (χ2v) is 5.46. The number of benzene rings is 1. The summed E-state index contributed by atoms with van der Waals surface area (Å²) in [4.78, 5) is 18.2. The lowest BCUT2D eigenvalue weighted by atomic mass is 10.1. The highest BCUT2D eigenvalue weighted by Gasteiger charge is 2.29. The summed E-state index contributed by atoms with van der Waals surface area (Å²) in [5, 5.41) is 0. The van der Waals surface area contributed by atoms with E-state index in [-0.39, 0.29) is 24.5 Å². The number of hydrogen-bond acceptors (Lipinski definition) is 6. The number of para-hydroxylation sites is 2. The van der Waals surface area contributed by atoms with Crippen LogP contribution in [0.25, 0.3) is 11.1 Å². The average Bonchev–Trinajstić information content (AvgIpc) is 2.98. The van der Waals surface area contributed by atoms with E-state index in [2.05, 4.69) is 16.8 Å². The van der Waals surface area contributed by atoms with Gasteiger partial charge in [-0.3, -0.25) is 9.69 Å². The Hall–Kier alpha value is -1.92. The Balaban J connectivity index is 1.70. The number of methoxy groups -OCH3 is 1. The molecule has 118 valence electrons. The average molecular weight is 304 g/mol. The van der Waals surface area contributed by atoms with E-state index < -0.39 is 0 Å². The first kappa shape index (κ1) is 15.0. The molecule has 1 aliphatic heterocycles. The Kier molecular flexibility index (Phi) is 4.40. The first-order valence-electron chi connectivity index (χ1n) is 7.45. The molecule has 2 atom stereocenters. The monoisotopic (exact) mass is 304 g/mol. The number of oxazole rings is 1. The molecule has 0 aliphatic carbocycles. The quantitative estimate of drug-likeness (QED) is 0.806. The highest BCUT2D eigenvalue weighted by Crippen LogP contribution is 2.26. The van der Waals surface area contributed by atoms with Gasteiger partial charge in [0.05, 0.1) is 32.3 Å². The molecule has 6 nitrogen and oxygen atoms in total. The van der Waals surface area contributed by atoms with Gasteiger partial charge in [0.15, 0.2) is 5.58 Å². The smallest absolute Gasteiger partial charge is 0.308 e. The number of hydrogen-bond donors (Lipinski definition) is 0. The van der Waals surface area contributed by atoms with Gasteiger partial charge in [-0.25, -0.2) is 4.98 Å². The van der Waals surface area contributed by atoms with Crippen molar-refractivity contribution in [2.75, 3.05) is 26.8 Å². The van der Waals surface area contributed by atoms with Gasteiger partial charge < -0.3 is 13.9 Å². The minimum absolute atomic E-state index is 0.0384. The molecule has 3 rings (SSSR count). The Labute approximate surface area is 129 Å². The van der Waals surface area contributed by atoms with E-state index in [9.17, 15) is 4.79 Å². The molecule has 0 radical (unpaired) electrons. The molecule has 6 heteroatoms. The molecule has 0 amide bonds. The van der Waals surface area contributed by atoms with E-state index in [1.54, 1.807) is 0 Å². The Morgan fingerprint density at radius 1 is 1.50 bits per heavy atom. The summed E-state index contributed by atoms with van der Waals surface area (Å²) in [6, 6.07) is 7.77. The molecule has 0 saturated carbocycles. The highest BCUT2D eigenvalue weighted by atomic mass is 16.5. The van der Waals surface area contributed by atoms with Gasteiger partial charge in [-0.2, -0.15) is 0 Å². The maximum Gasteiger partial charge on any atom is 0.308 e. The van der Waals surface area contributed by atoms with Crippen molar-refractivity contribution in [3.05, 3.63) is 30.2 Å². The van der Waals surface area contributed by atoms with Crippen LogP contribution >= 0.6 is 0 Å². The summed E-state index contributed by atoms with van der Waals surface area (Å²) in [6.07, 6.45) is 0.126. The zero-order valence-corrected chi connectivity index (χ0v) is 12.8. The fourth-order valence-corrected chi connectivity index (χ4v) is 2.71. The van der Waals surface area contributed by atoms with Crippen LogP contribution in [0.5, 0.6) is 0 Å². The third kappa shape index (κ3) is 3.13. The lowest BCUT2D eigenvalue weighted by molar-refractivity contribution is -0.146. The molecule has 0 bridgehead atoms. The van der Waals surface area contributed by atoms with Crippen LogP contribution in [0.3, 0.4) is 0 Å². The van der Waals surface area contributed by atoms with Crippen molar-refractivity contribution < 1.29 is 18.7 Å². The summed E-state index contributed by atoms with van der Waals surface area (Å²) in [6.45, 7) is 4.10. The lowest BCUT2D eigenvalue weighted by Gasteiger charge is -2.35. The summed E-state index contributed by atoms with van der Waals surface area (Å²) in [5.74, 6) is 0.446. The van der Waals surface area contributed by atoms with E-state index in [0.717, 1.165) is 17.6 Å². The van der Waals surface area contributed by atoms with Crippen LogP contribution in [0.1, 0.15) is 25.3 Å². The number of carbonyl (C=O) groups is 1. The molecule has 1 aromatic heterocycles. The highest BCUT2D eigenvalue weighted by molar-refractivity contribution is 5.72. The fraction of sp³-hybridized carbons (Fsp3) is 0.500. The van der Waals surface area contributed by atoms with Gasteiger partial charge in [0, 0.05) is 13.1 Å². The largest absolute Gasteiger partial charge is 0.469 e. The molecule has 0 spiro atoms. The van der Waals surface area contributed by atoms with Gasteiger partial charge in [0.2, 0.25) is 5.89 Å². The number of esters is 1. The molecule has 1 aliphatic rings. The number of ether oxygens (including phenoxy) is 2. The minimum Gasteiger partial charge on any atom is -0.469 e. The van der Waals surface area contributed by atoms with E-state index in [1.807, 2.05) is 24.3 Å². The molecule has 1 fully saturated rings. The van der Waals surface area contributed by atoms with Gasteiger partial charge in [-0.1, -0.05) is 12.1 Å². The van der Waals surface area contributed by atoms with E-state index in [4.69, 9.17) is 13.9 Å². The van der Waals surface area contributed by atoms with Gasteiger partial charge in [-0.15, -0.1) is 0 Å². The summed E-state index contributed by atoms with van der Waals surface area (Å²) in [5.41, 5.74) is 1.66. The van der Waals surface area contributed by atoms with Crippen LogP contribution in [0, 0.1) is 0 Å². The van der Waals surface area contributed by atoms with Gasteiger partial charge >= 0.3 is 5.97 Å². The molecule has 1 saturated heterocycles. The van der Waals surface area contributed by atoms with Crippen molar-refractivity contribution in [1.29, 1.82) is 0 Å². The maximum absolute atomic E-state index is 11.4. The number of morpholine rings is 1. The summed E-state index contributed by atoms with van der Waals surface area (Å²) in [7, 11) is 1.39. The molecule has 1 aromatic carbocycles. The molecule has 0 N–H and O–H groups in total. The van der Waals surface area contributed by atoms with Crippen molar-refractivity contribution in [2.24, 2.45) is 0 Å². The van der Waals surface area contributed by atoms with Crippen LogP contribution in [0.15, 0.2) is 28.7 Å². The SMILES string of the molecule is COC(=O)C[C@H]1CN([C@H](C)c2nc3ccccc3o2)CCO1. The van der Waals surface area contributed by atoms with Gasteiger partial charge in [0.25, 0.3) is 0 Å². The van der Waals surface area contributed by atoms with E-state index in [1.165, 1.54) is 7.11 Å². The summed E-state index contributed by atoms with van der Waals surface area (Å²) < 4.78 is 16.2. The van der Waals surface area contributed by atoms with Crippen LogP contribution in [0.2, 0.25) is 0 Å². The molecule has 2 aromatic rings. The number of fused-ring (bicyclic) bond motifs is 1. The first-order valence-corrected chi connectivity index (χ1v) is 7.45. The molecule has 22 heavy (non-hydrogen) atoms. The third-order valence-corrected chi connectivity index (χ3v) is 4.01. The standard InChI is InChI=1S/C16H20N2O4/c1-11(16-17-13-5-3-4-6-14(13)22-16)18-7-8-21-12(10-18)9-15(19)20-2/h3-6,11-12H,7-10H2,1-2H3/t11-,12+/m1/s1. The molecular formula is C16H20N2O4. The van der Waals surface area contributed by atoms with Crippen LogP contribution in [-0.2, 0) is 14.3 Å². The zero-order valence-electron chi connectivity index (χ0n) is 12.8. The van der Waals surface area contributed by atoms with Crippen molar-refractivity contribution in [3.63, 3.8) is 0 Å². The predicted molar refractivity (Wildman–Crippen MR) is 80.4 cm³/mol. The van der Waals surface area contributed by atoms with E-state index >= 15 is 0 Å². The lowest BCUT2D eigenvalue weighted by Crippen LogP contribution is -2.44. The fourth-order valence-electron chi connectivity index (χ4n) is 2.71. The molecule has 0 unspecified atom stereocenters. The number of carbonyl (C=O) groups excluding carboxylic acids is 1. The Morgan fingerprint density at radius 3 is 3.09 bits per heavy atom. The van der Waals surface area contributed by atoms with Crippen LogP contribution in [0.4, 0.5) is 0 Å². The minimum atomic E-state index is -0.249. The molecular weight excluding hydrogens is 284 g/mol. The van der Waals surface area contributed by atoms with E-state index in [0.29, 0.717) is 19.0 Å². The zero-order chi connectivity index (χ0) is 15.5. The van der Waals surface area contributed by atoms with Crippen molar-refractivity contribution in [3.8, 4) is 0 Å². The third-order valence-electron chi connectivity index (χ3n) is 4.01. The van der Waals surface area contributed by atoms with Gasteiger partial charge in [-0.05, 0) is 19.1 Å². The number of nitrogens with zero attached hydrogens (tertiary/aromatic N) is 2. The Morgan fingerprint density at radius 2 is 2.32 bits per heavy atom. The van der Waals surface area contributed by atoms with Crippen molar-refractivity contribution >= 4 is 17.1 Å². The van der Waals surface area contributed by atoms with Crippen LogP contribution < -0.4 is 0 Å². The van der Waals surface area contributed by atoms with Crippen LogP contribution in [-0.4, -0.2) is 48.8 Å². The topological polar surface area (TPSA) is 64.8 Å². The second kappa shape index (κ2) is 6.46.